The molecule has 4 N–H and O–H groups in total. The van der Waals surface area contributed by atoms with E-state index in [9.17, 15) is 8.78 Å². The van der Waals surface area contributed by atoms with E-state index in [4.69, 9.17) is 5.73 Å². The summed E-state index contributed by atoms with van der Waals surface area (Å²) in [7, 11) is 3.97. The Labute approximate surface area is 128 Å². The summed E-state index contributed by atoms with van der Waals surface area (Å²) in [5.74, 6) is -1.15. The molecule has 1 unspecified atom stereocenters. The Morgan fingerprint density at radius 1 is 1.32 bits per heavy atom. The summed E-state index contributed by atoms with van der Waals surface area (Å²) in [4.78, 5) is 6.38. The third-order valence-electron chi connectivity index (χ3n) is 3.30. The van der Waals surface area contributed by atoms with Crippen LogP contribution in [0.2, 0.25) is 0 Å². The molecule has 1 aliphatic rings. The molecule has 1 aliphatic heterocycles. The van der Waals surface area contributed by atoms with Crippen molar-refractivity contribution in [1.29, 1.82) is 0 Å². The van der Waals surface area contributed by atoms with Gasteiger partial charge in [-0.3, -0.25) is 0 Å². The number of nitrogens with one attached hydrogen (secondary N) is 2. The molecule has 0 aromatic heterocycles. The van der Waals surface area contributed by atoms with E-state index < -0.39 is 17.3 Å². The van der Waals surface area contributed by atoms with Gasteiger partial charge in [0.1, 0.15) is 23.0 Å². The zero-order chi connectivity index (χ0) is 16.2. The van der Waals surface area contributed by atoms with Gasteiger partial charge in [0.15, 0.2) is 0 Å². The van der Waals surface area contributed by atoms with Crippen LogP contribution in [0.3, 0.4) is 0 Å². The molecule has 2 rings (SSSR count). The summed E-state index contributed by atoms with van der Waals surface area (Å²) in [5, 5.41) is 5.43. The van der Waals surface area contributed by atoms with E-state index in [0.29, 0.717) is 6.42 Å². The number of hydrogen-bond donors (Lipinski definition) is 3. The van der Waals surface area contributed by atoms with Gasteiger partial charge in [-0.15, -0.1) is 0 Å². The maximum Gasteiger partial charge on any atom is 0.202 e. The first-order chi connectivity index (χ1) is 10.4. The Morgan fingerprint density at radius 2 is 2.00 bits per heavy atom. The summed E-state index contributed by atoms with van der Waals surface area (Å²) in [6.45, 7) is 0.889. The second-order valence-corrected chi connectivity index (χ2v) is 5.56. The highest BCUT2D eigenvalue weighted by molar-refractivity contribution is 5.95. The van der Waals surface area contributed by atoms with Crippen LogP contribution in [0, 0.1) is 11.6 Å². The molecule has 0 aliphatic carbocycles. The van der Waals surface area contributed by atoms with Crippen molar-refractivity contribution in [1.82, 2.24) is 10.2 Å². The molecule has 1 heterocycles. The fourth-order valence-electron chi connectivity index (χ4n) is 2.16. The number of anilines is 1. The van der Waals surface area contributed by atoms with Crippen molar-refractivity contribution >= 4 is 11.6 Å². The molecule has 1 aromatic carbocycles. The van der Waals surface area contributed by atoms with Crippen molar-refractivity contribution in [3.8, 4) is 0 Å². The zero-order valence-corrected chi connectivity index (χ0v) is 12.7. The highest BCUT2D eigenvalue weighted by atomic mass is 19.1. The average molecular weight is 309 g/mol. The first kappa shape index (κ1) is 16.4. The molecule has 0 fully saturated rings. The number of benzene rings is 1. The van der Waals surface area contributed by atoms with Crippen LogP contribution in [0.25, 0.3) is 0 Å². The fourth-order valence-corrected chi connectivity index (χ4v) is 2.16. The van der Waals surface area contributed by atoms with Gasteiger partial charge < -0.3 is 21.3 Å². The molecule has 1 atom stereocenters. The van der Waals surface area contributed by atoms with Crippen molar-refractivity contribution in [2.75, 3.05) is 26.0 Å². The van der Waals surface area contributed by atoms with Gasteiger partial charge in [-0.2, -0.15) is 0 Å². The van der Waals surface area contributed by atoms with Gasteiger partial charge in [0.05, 0.1) is 0 Å². The van der Waals surface area contributed by atoms with E-state index in [1.807, 2.05) is 14.1 Å². The van der Waals surface area contributed by atoms with Crippen LogP contribution in [-0.4, -0.2) is 37.2 Å². The van der Waals surface area contributed by atoms with Gasteiger partial charge in [-0.1, -0.05) is 6.07 Å². The van der Waals surface area contributed by atoms with Crippen LogP contribution in [0.5, 0.6) is 0 Å². The monoisotopic (exact) mass is 309 g/mol. The van der Waals surface area contributed by atoms with Crippen LogP contribution in [-0.2, 0) is 0 Å². The standard InChI is InChI=1S/C15H21F2N5/c1-22(2)10-4-7-15(18)8-9-19-14(21-15)20-13-11(16)5-3-6-12(13)17/h3,5-6,8-9H,4,7,10,18H2,1-2H3,(H2,19,20,21). The van der Waals surface area contributed by atoms with Crippen molar-refractivity contribution in [3.63, 3.8) is 0 Å². The van der Waals surface area contributed by atoms with E-state index in [2.05, 4.69) is 20.5 Å². The van der Waals surface area contributed by atoms with E-state index >= 15 is 0 Å². The first-order valence-electron chi connectivity index (χ1n) is 7.08. The fraction of sp³-hybridized carbons (Fsp3) is 0.400. The molecular formula is C15H21F2N5. The Bertz CT molecular complexity index is 565. The molecule has 7 heteroatoms. The summed E-state index contributed by atoms with van der Waals surface area (Å²) >= 11 is 0. The van der Waals surface area contributed by atoms with E-state index in [1.54, 1.807) is 12.3 Å². The number of hydrogen-bond acceptors (Lipinski definition) is 5. The lowest BCUT2D eigenvalue weighted by Gasteiger charge is -2.27. The maximum atomic E-state index is 13.6. The third-order valence-corrected chi connectivity index (χ3v) is 3.30. The minimum absolute atomic E-state index is 0.221. The quantitative estimate of drug-likeness (QED) is 0.776. The van der Waals surface area contributed by atoms with E-state index in [-0.39, 0.29) is 11.6 Å². The van der Waals surface area contributed by atoms with E-state index in [0.717, 1.165) is 13.0 Å². The Balaban J connectivity index is 2.08. The summed E-state index contributed by atoms with van der Waals surface area (Å²) in [6.07, 6.45) is 4.86. The number of para-hydroxylation sites is 1. The molecule has 0 spiro atoms. The number of nitrogens with two attached hydrogens (primary N) is 1. The molecule has 0 amide bonds. The molecule has 0 saturated heterocycles. The first-order valence-corrected chi connectivity index (χ1v) is 7.08. The predicted octanol–water partition coefficient (Wildman–Crippen LogP) is 1.85. The van der Waals surface area contributed by atoms with Gasteiger partial charge in [-0.25, -0.2) is 13.8 Å². The summed E-state index contributed by atoms with van der Waals surface area (Å²) in [6, 6.07) is 3.66. The molecule has 1 aromatic rings. The van der Waals surface area contributed by atoms with Crippen LogP contribution in [0.15, 0.2) is 35.5 Å². The van der Waals surface area contributed by atoms with E-state index in [1.165, 1.54) is 18.2 Å². The number of aliphatic imine (C=N–C) groups is 1. The minimum Gasteiger partial charge on any atom is -0.333 e. The van der Waals surface area contributed by atoms with Crippen molar-refractivity contribution < 1.29 is 8.78 Å². The lowest BCUT2D eigenvalue weighted by molar-refractivity contribution is 0.367. The SMILES string of the molecule is CN(C)CCCC1(N)C=CNC(Nc2c(F)cccc2F)=N1. The smallest absolute Gasteiger partial charge is 0.202 e. The number of guanidine groups is 1. The van der Waals surface area contributed by atoms with Gasteiger partial charge in [0, 0.05) is 6.20 Å². The molecule has 120 valence electrons. The predicted molar refractivity (Wildman–Crippen MR) is 84.4 cm³/mol. The number of halogens is 2. The summed E-state index contributed by atoms with van der Waals surface area (Å²) < 4.78 is 27.3. The highest BCUT2D eigenvalue weighted by Gasteiger charge is 2.24. The van der Waals surface area contributed by atoms with Crippen molar-refractivity contribution in [2.45, 2.75) is 18.5 Å². The topological polar surface area (TPSA) is 65.7 Å². The van der Waals surface area contributed by atoms with Crippen molar-refractivity contribution in [3.05, 3.63) is 42.1 Å². The molecule has 0 radical (unpaired) electrons. The second kappa shape index (κ2) is 6.85. The van der Waals surface area contributed by atoms with Crippen LogP contribution >= 0.6 is 0 Å². The zero-order valence-electron chi connectivity index (χ0n) is 12.7. The van der Waals surface area contributed by atoms with Gasteiger partial charge in [0.25, 0.3) is 0 Å². The van der Waals surface area contributed by atoms with Crippen LogP contribution < -0.4 is 16.4 Å². The number of nitrogens with zero attached hydrogens (tertiary/aromatic N) is 2. The molecule has 0 bridgehead atoms. The largest absolute Gasteiger partial charge is 0.333 e. The summed E-state index contributed by atoms with van der Waals surface area (Å²) in [5.41, 5.74) is 5.07. The van der Waals surface area contributed by atoms with Gasteiger partial charge in [-0.05, 0) is 51.7 Å². The Hall–Kier alpha value is -1.99. The maximum absolute atomic E-state index is 13.6. The molecule has 0 saturated carbocycles. The Morgan fingerprint density at radius 3 is 2.64 bits per heavy atom. The van der Waals surface area contributed by atoms with Crippen molar-refractivity contribution in [2.24, 2.45) is 10.7 Å². The molecule has 22 heavy (non-hydrogen) atoms. The number of rotatable bonds is 5. The minimum atomic E-state index is -0.884. The lowest BCUT2D eigenvalue weighted by atomic mass is 10.0. The van der Waals surface area contributed by atoms with Gasteiger partial charge in [0.2, 0.25) is 5.96 Å². The third kappa shape index (κ3) is 4.25. The lowest BCUT2D eigenvalue weighted by Crippen LogP contribution is -2.44. The average Bonchev–Trinajstić information content (AvgIpc) is 2.42. The molecular weight excluding hydrogens is 288 g/mol. The van der Waals surface area contributed by atoms with Crippen LogP contribution in [0.4, 0.5) is 14.5 Å². The Kier molecular flexibility index (Phi) is 5.10. The molecule has 5 nitrogen and oxygen atoms in total. The normalized spacial score (nSPS) is 20.7. The van der Waals surface area contributed by atoms with Crippen LogP contribution in [0.1, 0.15) is 12.8 Å². The highest BCUT2D eigenvalue weighted by Crippen LogP contribution is 2.20. The van der Waals surface area contributed by atoms with Gasteiger partial charge >= 0.3 is 0 Å². The second-order valence-electron chi connectivity index (χ2n) is 5.56.